The SMILES string of the molecule is COc1ccc(F)cc1C(O)CON. The minimum absolute atomic E-state index is 0.111. The maximum atomic E-state index is 12.8. The largest absolute Gasteiger partial charge is 0.496 e. The molecule has 0 saturated carbocycles. The van der Waals surface area contributed by atoms with E-state index in [4.69, 9.17) is 10.6 Å². The number of benzene rings is 1. The van der Waals surface area contributed by atoms with E-state index in [0.717, 1.165) is 0 Å². The molecule has 0 fully saturated rings. The van der Waals surface area contributed by atoms with Gasteiger partial charge in [-0.2, -0.15) is 0 Å². The van der Waals surface area contributed by atoms with Crippen LogP contribution in [0.2, 0.25) is 0 Å². The van der Waals surface area contributed by atoms with Crippen LogP contribution in [0, 0.1) is 5.82 Å². The van der Waals surface area contributed by atoms with E-state index in [0.29, 0.717) is 11.3 Å². The zero-order valence-corrected chi connectivity index (χ0v) is 7.74. The van der Waals surface area contributed by atoms with E-state index in [1.54, 1.807) is 0 Å². The van der Waals surface area contributed by atoms with E-state index in [-0.39, 0.29) is 6.61 Å². The van der Waals surface area contributed by atoms with Gasteiger partial charge in [0.15, 0.2) is 0 Å². The summed E-state index contributed by atoms with van der Waals surface area (Å²) >= 11 is 0. The van der Waals surface area contributed by atoms with Crippen molar-refractivity contribution in [3.63, 3.8) is 0 Å². The quantitative estimate of drug-likeness (QED) is 0.706. The molecule has 0 heterocycles. The van der Waals surface area contributed by atoms with Crippen molar-refractivity contribution in [2.45, 2.75) is 6.10 Å². The molecular formula is C9H12FNO3. The van der Waals surface area contributed by atoms with Gasteiger partial charge in [-0.25, -0.2) is 10.3 Å². The van der Waals surface area contributed by atoms with Gasteiger partial charge < -0.3 is 14.7 Å². The van der Waals surface area contributed by atoms with E-state index in [1.165, 1.54) is 25.3 Å². The van der Waals surface area contributed by atoms with Gasteiger partial charge in [0.2, 0.25) is 0 Å². The molecule has 3 N–H and O–H groups in total. The highest BCUT2D eigenvalue weighted by atomic mass is 19.1. The van der Waals surface area contributed by atoms with E-state index >= 15 is 0 Å². The van der Waals surface area contributed by atoms with E-state index in [9.17, 15) is 9.50 Å². The predicted molar refractivity (Wildman–Crippen MR) is 48.1 cm³/mol. The average Bonchev–Trinajstić information content (AvgIpc) is 2.18. The van der Waals surface area contributed by atoms with Crippen LogP contribution in [-0.2, 0) is 4.84 Å². The molecule has 1 rings (SSSR count). The maximum Gasteiger partial charge on any atom is 0.124 e. The number of halogens is 1. The standard InChI is InChI=1S/C9H12FNO3/c1-13-9-3-2-6(10)4-7(9)8(12)5-14-11/h2-4,8,12H,5,11H2,1H3. The van der Waals surface area contributed by atoms with Crippen LogP contribution in [0.25, 0.3) is 0 Å². The van der Waals surface area contributed by atoms with Gasteiger partial charge in [-0.15, -0.1) is 0 Å². The third-order valence-electron chi connectivity index (χ3n) is 1.80. The molecule has 1 atom stereocenters. The van der Waals surface area contributed by atoms with Gasteiger partial charge in [-0.3, -0.25) is 0 Å². The van der Waals surface area contributed by atoms with Crippen LogP contribution in [0.5, 0.6) is 5.75 Å². The number of aliphatic hydroxyl groups excluding tert-OH is 1. The van der Waals surface area contributed by atoms with Crippen molar-refractivity contribution in [3.05, 3.63) is 29.6 Å². The van der Waals surface area contributed by atoms with Crippen molar-refractivity contribution in [1.82, 2.24) is 0 Å². The molecule has 0 saturated heterocycles. The van der Waals surface area contributed by atoms with Gasteiger partial charge in [-0.05, 0) is 18.2 Å². The summed E-state index contributed by atoms with van der Waals surface area (Å²) in [6.07, 6.45) is -0.995. The van der Waals surface area contributed by atoms with Crippen LogP contribution in [0.15, 0.2) is 18.2 Å². The lowest BCUT2D eigenvalue weighted by molar-refractivity contribution is 0.0345. The highest BCUT2D eigenvalue weighted by Gasteiger charge is 2.13. The Bertz CT molecular complexity index is 306. The third-order valence-corrected chi connectivity index (χ3v) is 1.80. The van der Waals surface area contributed by atoms with E-state index in [2.05, 4.69) is 4.84 Å². The van der Waals surface area contributed by atoms with Crippen LogP contribution in [0.4, 0.5) is 4.39 Å². The first-order valence-corrected chi connectivity index (χ1v) is 4.02. The van der Waals surface area contributed by atoms with Crippen LogP contribution in [0.1, 0.15) is 11.7 Å². The number of hydrogen-bond acceptors (Lipinski definition) is 4. The first-order valence-electron chi connectivity index (χ1n) is 4.02. The molecule has 0 aliphatic rings. The molecule has 0 spiro atoms. The Hall–Kier alpha value is -1.17. The molecule has 0 radical (unpaired) electrons. The zero-order valence-electron chi connectivity index (χ0n) is 7.74. The second-order valence-corrected chi connectivity index (χ2v) is 2.74. The fourth-order valence-corrected chi connectivity index (χ4v) is 1.15. The number of hydrogen-bond donors (Lipinski definition) is 2. The van der Waals surface area contributed by atoms with E-state index in [1.807, 2.05) is 0 Å². The van der Waals surface area contributed by atoms with Gasteiger partial charge in [0, 0.05) is 5.56 Å². The van der Waals surface area contributed by atoms with Crippen LogP contribution < -0.4 is 10.6 Å². The third kappa shape index (κ3) is 2.41. The first-order chi connectivity index (χ1) is 6.69. The molecule has 78 valence electrons. The topological polar surface area (TPSA) is 64.7 Å². The minimum Gasteiger partial charge on any atom is -0.496 e. The summed E-state index contributed by atoms with van der Waals surface area (Å²) in [4.78, 5) is 4.27. The smallest absolute Gasteiger partial charge is 0.124 e. The lowest BCUT2D eigenvalue weighted by Gasteiger charge is -2.13. The number of aliphatic hydroxyl groups is 1. The number of rotatable bonds is 4. The molecule has 0 aromatic heterocycles. The van der Waals surface area contributed by atoms with Gasteiger partial charge in [-0.1, -0.05) is 0 Å². The van der Waals surface area contributed by atoms with Crippen molar-refractivity contribution < 1.29 is 19.1 Å². The number of nitrogens with two attached hydrogens (primary N) is 1. The fourth-order valence-electron chi connectivity index (χ4n) is 1.15. The van der Waals surface area contributed by atoms with Crippen molar-refractivity contribution in [3.8, 4) is 5.75 Å². The molecule has 4 nitrogen and oxygen atoms in total. The molecule has 0 amide bonds. The Morgan fingerprint density at radius 3 is 2.86 bits per heavy atom. The summed E-state index contributed by atoms with van der Waals surface area (Å²) < 4.78 is 17.8. The molecule has 1 aromatic rings. The Balaban J connectivity index is 2.97. The lowest BCUT2D eigenvalue weighted by Crippen LogP contribution is -2.12. The summed E-state index contributed by atoms with van der Waals surface area (Å²) in [6.45, 7) is -0.111. The van der Waals surface area contributed by atoms with Crippen LogP contribution in [0.3, 0.4) is 0 Å². The second-order valence-electron chi connectivity index (χ2n) is 2.74. The summed E-state index contributed by atoms with van der Waals surface area (Å²) in [6, 6.07) is 3.87. The molecule has 0 aliphatic carbocycles. The predicted octanol–water partition coefficient (Wildman–Crippen LogP) is 0.758. The van der Waals surface area contributed by atoms with Gasteiger partial charge in [0.25, 0.3) is 0 Å². The van der Waals surface area contributed by atoms with Crippen molar-refractivity contribution in [1.29, 1.82) is 0 Å². The lowest BCUT2D eigenvalue weighted by atomic mass is 10.1. The Morgan fingerprint density at radius 1 is 1.57 bits per heavy atom. The molecule has 0 aliphatic heterocycles. The van der Waals surface area contributed by atoms with Gasteiger partial charge in [0.05, 0.1) is 13.7 Å². The monoisotopic (exact) mass is 201 g/mol. The van der Waals surface area contributed by atoms with Crippen molar-refractivity contribution >= 4 is 0 Å². The zero-order chi connectivity index (χ0) is 10.6. The molecule has 1 aromatic carbocycles. The van der Waals surface area contributed by atoms with Crippen molar-refractivity contribution in [2.75, 3.05) is 13.7 Å². The van der Waals surface area contributed by atoms with Gasteiger partial charge >= 0.3 is 0 Å². The Labute approximate surface area is 81.0 Å². The Morgan fingerprint density at radius 2 is 2.29 bits per heavy atom. The average molecular weight is 201 g/mol. The maximum absolute atomic E-state index is 12.8. The van der Waals surface area contributed by atoms with Crippen LogP contribution >= 0.6 is 0 Å². The fraction of sp³-hybridized carbons (Fsp3) is 0.333. The number of methoxy groups -OCH3 is 1. The molecular weight excluding hydrogens is 189 g/mol. The van der Waals surface area contributed by atoms with E-state index < -0.39 is 11.9 Å². The Kier molecular flexibility index (Phi) is 3.82. The minimum atomic E-state index is -0.995. The van der Waals surface area contributed by atoms with Crippen LogP contribution in [-0.4, -0.2) is 18.8 Å². The summed E-state index contributed by atoms with van der Waals surface area (Å²) in [7, 11) is 1.44. The molecule has 0 bridgehead atoms. The summed E-state index contributed by atoms with van der Waals surface area (Å²) in [5, 5.41) is 9.51. The summed E-state index contributed by atoms with van der Waals surface area (Å²) in [5.74, 6) is 4.75. The molecule has 1 unspecified atom stereocenters. The molecule has 14 heavy (non-hydrogen) atoms. The highest BCUT2D eigenvalue weighted by Crippen LogP contribution is 2.25. The molecule has 5 heteroatoms. The van der Waals surface area contributed by atoms with Gasteiger partial charge in [0.1, 0.15) is 17.7 Å². The summed E-state index contributed by atoms with van der Waals surface area (Å²) in [5.41, 5.74) is 0.318. The number of ether oxygens (including phenoxy) is 1. The second kappa shape index (κ2) is 4.90. The normalized spacial score (nSPS) is 12.6. The van der Waals surface area contributed by atoms with Crippen molar-refractivity contribution in [2.24, 2.45) is 5.90 Å². The first kappa shape index (κ1) is 10.9. The highest BCUT2D eigenvalue weighted by molar-refractivity contribution is 5.35.